The molecular formula is C17H22O4. The molecule has 1 fully saturated rings. The minimum absolute atomic E-state index is 0.00273. The van der Waals surface area contributed by atoms with Gasteiger partial charge < -0.3 is 9.15 Å². The summed E-state index contributed by atoms with van der Waals surface area (Å²) in [5.41, 5.74) is 0.295. The van der Waals surface area contributed by atoms with E-state index in [4.69, 9.17) is 9.15 Å². The van der Waals surface area contributed by atoms with Gasteiger partial charge in [0, 0.05) is 17.4 Å². The van der Waals surface area contributed by atoms with Crippen LogP contribution in [0.15, 0.2) is 35.7 Å². The average molecular weight is 290 g/mol. The van der Waals surface area contributed by atoms with Gasteiger partial charge in [-0.3, -0.25) is 9.59 Å². The van der Waals surface area contributed by atoms with Crippen molar-refractivity contribution in [2.45, 2.75) is 39.7 Å². The van der Waals surface area contributed by atoms with Crippen molar-refractivity contribution in [2.24, 2.45) is 17.3 Å². The highest BCUT2D eigenvalue weighted by Crippen LogP contribution is 2.48. The summed E-state index contributed by atoms with van der Waals surface area (Å²) in [5, 5.41) is 0. The van der Waals surface area contributed by atoms with Gasteiger partial charge in [0.1, 0.15) is 11.9 Å². The summed E-state index contributed by atoms with van der Waals surface area (Å²) in [7, 11) is 0. The first-order valence-electron chi connectivity index (χ1n) is 7.29. The molecule has 114 valence electrons. The molecule has 1 aliphatic carbocycles. The van der Waals surface area contributed by atoms with E-state index in [0.29, 0.717) is 0 Å². The summed E-state index contributed by atoms with van der Waals surface area (Å²) < 4.78 is 10.7. The van der Waals surface area contributed by atoms with Crippen LogP contribution in [0, 0.1) is 17.3 Å². The smallest absolute Gasteiger partial charge is 0.306 e. The van der Waals surface area contributed by atoms with E-state index in [-0.39, 0.29) is 24.1 Å². The van der Waals surface area contributed by atoms with Crippen LogP contribution < -0.4 is 0 Å². The lowest BCUT2D eigenvalue weighted by molar-refractivity contribution is -0.154. The van der Waals surface area contributed by atoms with Gasteiger partial charge in [-0.25, -0.2) is 0 Å². The van der Waals surface area contributed by atoms with E-state index in [1.165, 1.54) is 12.5 Å². The quantitative estimate of drug-likeness (QED) is 0.613. The largest absolute Gasteiger partial charge is 0.472 e. The van der Waals surface area contributed by atoms with E-state index in [1.807, 2.05) is 13.8 Å². The molecule has 4 heteroatoms. The molecule has 0 aromatic carbocycles. The molecule has 1 saturated carbocycles. The number of hydrogen-bond acceptors (Lipinski definition) is 4. The van der Waals surface area contributed by atoms with Crippen molar-refractivity contribution in [3.05, 3.63) is 36.8 Å². The van der Waals surface area contributed by atoms with Gasteiger partial charge in [-0.2, -0.15) is 0 Å². The molecule has 1 heterocycles. The third-order valence-corrected chi connectivity index (χ3v) is 4.22. The number of carbonyl (C=O) groups excluding carboxylic acids is 2. The van der Waals surface area contributed by atoms with Crippen LogP contribution in [0.1, 0.15) is 45.3 Å². The maximum atomic E-state index is 12.7. The van der Waals surface area contributed by atoms with Crippen molar-refractivity contribution in [2.75, 3.05) is 0 Å². The van der Waals surface area contributed by atoms with E-state index >= 15 is 0 Å². The summed E-state index contributed by atoms with van der Waals surface area (Å²) in [5.74, 6) is -0.605. The fraction of sp³-hybridized carbons (Fsp3) is 0.529. The highest BCUT2D eigenvalue weighted by Gasteiger charge is 2.51. The molecule has 0 amide bonds. The summed E-state index contributed by atoms with van der Waals surface area (Å²) in [6.07, 6.45) is 5.25. The van der Waals surface area contributed by atoms with Gasteiger partial charge in [0.15, 0.2) is 0 Å². The number of furan rings is 1. The Bertz CT molecular complexity index is 527. The van der Waals surface area contributed by atoms with Crippen molar-refractivity contribution in [3.63, 3.8) is 0 Å². The monoisotopic (exact) mass is 290 g/mol. The summed E-state index contributed by atoms with van der Waals surface area (Å²) in [6, 6.07) is 1.74. The first-order valence-corrected chi connectivity index (χ1v) is 7.29. The van der Waals surface area contributed by atoms with Crippen LogP contribution in [0.4, 0.5) is 0 Å². The van der Waals surface area contributed by atoms with Gasteiger partial charge in [0.05, 0.1) is 18.4 Å². The summed E-state index contributed by atoms with van der Waals surface area (Å²) in [6.45, 7) is 9.44. The molecule has 4 nitrogen and oxygen atoms in total. The second kappa shape index (κ2) is 5.88. The number of allylic oxidation sites excluding steroid dienone is 1. The van der Waals surface area contributed by atoms with Crippen molar-refractivity contribution in [1.29, 1.82) is 0 Å². The van der Waals surface area contributed by atoms with E-state index in [2.05, 4.69) is 6.58 Å². The highest BCUT2D eigenvalue weighted by molar-refractivity contribution is 5.90. The van der Waals surface area contributed by atoms with Gasteiger partial charge in [-0.15, -0.1) is 6.58 Å². The lowest BCUT2D eigenvalue weighted by atomic mass is 9.85. The molecule has 0 unspecified atom stereocenters. The van der Waals surface area contributed by atoms with Crippen molar-refractivity contribution in [1.82, 2.24) is 0 Å². The Morgan fingerprint density at radius 1 is 1.62 bits per heavy atom. The van der Waals surface area contributed by atoms with Gasteiger partial charge in [0.2, 0.25) is 0 Å². The normalized spacial score (nSPS) is 25.6. The molecule has 0 aliphatic heterocycles. The van der Waals surface area contributed by atoms with E-state index < -0.39 is 17.4 Å². The fourth-order valence-corrected chi connectivity index (χ4v) is 3.06. The summed E-state index contributed by atoms with van der Waals surface area (Å²) in [4.78, 5) is 24.5. The standard InChI is InChI=1S/C17H22O4/c1-5-11-9-17(3,4)16(19)14(11)15(21-13(18)6-2)12-7-8-20-10-12/h5,7-8,10-11,14-15H,1,6,9H2,2-4H3/t11-,14-,15-/m1/s1. The molecule has 0 spiro atoms. The van der Waals surface area contributed by atoms with Gasteiger partial charge in [0.25, 0.3) is 0 Å². The fourth-order valence-electron chi connectivity index (χ4n) is 3.06. The predicted octanol–water partition coefficient (Wildman–Crippen LogP) is 3.69. The first-order chi connectivity index (χ1) is 9.90. The maximum Gasteiger partial charge on any atom is 0.306 e. The molecule has 0 saturated heterocycles. The Balaban J connectivity index is 2.37. The van der Waals surface area contributed by atoms with Crippen molar-refractivity contribution < 1.29 is 18.7 Å². The molecular weight excluding hydrogens is 268 g/mol. The SMILES string of the molecule is C=C[C@@H]1CC(C)(C)C(=O)[C@H]1[C@H](OC(=O)CC)c1ccoc1. The molecule has 0 bridgehead atoms. The van der Waals surface area contributed by atoms with E-state index in [1.54, 1.807) is 19.1 Å². The van der Waals surface area contributed by atoms with Crippen LogP contribution in [0.25, 0.3) is 0 Å². The molecule has 1 aliphatic rings. The molecule has 1 aromatic heterocycles. The third-order valence-electron chi connectivity index (χ3n) is 4.22. The second-order valence-electron chi connectivity index (χ2n) is 6.20. The highest BCUT2D eigenvalue weighted by atomic mass is 16.5. The van der Waals surface area contributed by atoms with Crippen molar-refractivity contribution in [3.8, 4) is 0 Å². The minimum Gasteiger partial charge on any atom is -0.472 e. The van der Waals surface area contributed by atoms with Crippen LogP contribution in [0.5, 0.6) is 0 Å². The number of hydrogen-bond donors (Lipinski definition) is 0. The summed E-state index contributed by atoms with van der Waals surface area (Å²) >= 11 is 0. The number of Topliss-reactive ketones (excluding diaryl/α,β-unsaturated/α-hetero) is 1. The molecule has 3 atom stereocenters. The molecule has 0 N–H and O–H groups in total. The zero-order valence-electron chi connectivity index (χ0n) is 12.8. The molecule has 0 radical (unpaired) electrons. The topological polar surface area (TPSA) is 56.5 Å². The molecule has 1 aromatic rings. The predicted molar refractivity (Wildman–Crippen MR) is 78.4 cm³/mol. The molecule has 21 heavy (non-hydrogen) atoms. The Hall–Kier alpha value is -1.84. The Morgan fingerprint density at radius 3 is 2.86 bits per heavy atom. The van der Waals surface area contributed by atoms with E-state index in [0.717, 1.165) is 12.0 Å². The van der Waals surface area contributed by atoms with Crippen molar-refractivity contribution >= 4 is 11.8 Å². The van der Waals surface area contributed by atoms with Gasteiger partial charge >= 0.3 is 5.97 Å². The van der Waals surface area contributed by atoms with Gasteiger partial charge in [-0.1, -0.05) is 26.8 Å². The van der Waals surface area contributed by atoms with Crippen LogP contribution in [-0.4, -0.2) is 11.8 Å². The van der Waals surface area contributed by atoms with E-state index in [9.17, 15) is 9.59 Å². The lowest BCUT2D eigenvalue weighted by Crippen LogP contribution is -2.29. The minimum atomic E-state index is -0.603. The Morgan fingerprint density at radius 2 is 2.33 bits per heavy atom. The van der Waals surface area contributed by atoms with Crippen LogP contribution in [0.2, 0.25) is 0 Å². The first kappa shape index (κ1) is 15.5. The zero-order chi connectivity index (χ0) is 15.6. The number of carbonyl (C=O) groups is 2. The number of esters is 1. The second-order valence-corrected chi connectivity index (χ2v) is 6.20. The van der Waals surface area contributed by atoms with Crippen LogP contribution in [-0.2, 0) is 14.3 Å². The number of ether oxygens (including phenoxy) is 1. The van der Waals surface area contributed by atoms with Gasteiger partial charge in [-0.05, 0) is 18.4 Å². The maximum absolute atomic E-state index is 12.7. The molecule has 2 rings (SSSR count). The average Bonchev–Trinajstić information content (AvgIpc) is 3.04. The lowest BCUT2D eigenvalue weighted by Gasteiger charge is -2.25. The van der Waals surface area contributed by atoms with Crippen LogP contribution in [0.3, 0.4) is 0 Å². The Labute approximate surface area is 125 Å². The third kappa shape index (κ3) is 2.94. The number of rotatable bonds is 5. The zero-order valence-corrected chi connectivity index (χ0v) is 12.8. The number of ketones is 1. The Kier molecular flexibility index (Phi) is 4.35. The van der Waals surface area contributed by atoms with Crippen LogP contribution >= 0.6 is 0 Å².